The van der Waals surface area contributed by atoms with Crippen LogP contribution in [0.25, 0.3) is 11.1 Å². The van der Waals surface area contributed by atoms with Crippen molar-refractivity contribution >= 4 is 72.3 Å². The molecule has 0 fully saturated rings. The lowest BCUT2D eigenvalue weighted by Crippen LogP contribution is -2.19. The molecule has 0 spiro atoms. The first-order chi connectivity index (χ1) is 43.5. The lowest BCUT2D eigenvalue weighted by molar-refractivity contribution is 0.302. The van der Waals surface area contributed by atoms with E-state index < -0.39 is 71.2 Å². The molecule has 2 rings (SSSR count). The second-order valence-electron chi connectivity index (χ2n) is 25.6. The monoisotopic (exact) mass is 1470 g/mol. The summed E-state index contributed by atoms with van der Waals surface area (Å²) >= 11 is 6.73. The van der Waals surface area contributed by atoms with E-state index in [4.69, 9.17) is 16.7 Å². The molecule has 0 aliphatic heterocycles. The van der Waals surface area contributed by atoms with Crippen LogP contribution in [0.3, 0.4) is 0 Å². The van der Waals surface area contributed by atoms with Gasteiger partial charge in [0, 0.05) is 20.1 Å². The van der Waals surface area contributed by atoms with Crippen LogP contribution in [0.4, 0.5) is 0 Å². The van der Waals surface area contributed by atoms with Gasteiger partial charge >= 0.3 is 0 Å². The second kappa shape index (κ2) is 54.1. The third-order valence-corrected chi connectivity index (χ3v) is 23.6. The summed E-state index contributed by atoms with van der Waals surface area (Å²) in [6.07, 6.45) is 56.0. The Kier molecular flexibility index (Phi) is 51.2. The maximum absolute atomic E-state index is 14.9. The topological polar surface area (TPSA) is 173 Å². The van der Waals surface area contributed by atoms with Crippen LogP contribution in [0.15, 0.2) is 52.8 Å². The summed E-state index contributed by atoms with van der Waals surface area (Å²) in [5.41, 5.74) is -1.46. The highest BCUT2D eigenvalue weighted by Crippen LogP contribution is 2.46. The van der Waals surface area contributed by atoms with Crippen molar-refractivity contribution in [3.63, 3.8) is 0 Å². The Morgan fingerprint density at radius 2 is 0.344 bits per heavy atom. The van der Waals surface area contributed by atoms with Gasteiger partial charge in [-0.25, -0.2) is 0 Å². The van der Waals surface area contributed by atoms with Crippen LogP contribution in [-0.4, -0.2) is 60.1 Å². The van der Waals surface area contributed by atoms with Crippen LogP contribution in [0.2, 0.25) is 0 Å². The molecule has 18 heteroatoms. The molecule has 0 saturated heterocycles. The van der Waals surface area contributed by atoms with Gasteiger partial charge in [0.2, 0.25) is 0 Å². The molecule has 2 aromatic carbocycles. The van der Waals surface area contributed by atoms with Crippen LogP contribution >= 0.6 is 31.9 Å². The Balaban J connectivity index is 2.53. The quantitative estimate of drug-likeness (QED) is 0.0454. The summed E-state index contributed by atoms with van der Waals surface area (Å²) in [5.74, 6) is 0. The normalized spacial score (nSPS) is 12.5. The molecule has 0 bridgehead atoms. The number of rotatable bonds is 65. The highest BCUT2D eigenvalue weighted by atomic mass is 79.9. The maximum atomic E-state index is 14.9. The molecule has 12 nitrogen and oxygen atoms in total. The van der Waals surface area contributed by atoms with Crippen molar-refractivity contribution in [1.82, 2.24) is 0 Å². The van der Waals surface area contributed by atoms with Crippen molar-refractivity contribution in [1.29, 1.82) is 0 Å². The molecular formula is C72H128Br2O12S4. The third kappa shape index (κ3) is 39.9. The molecule has 90 heavy (non-hydrogen) atoms. The molecule has 0 heterocycles. The van der Waals surface area contributed by atoms with Gasteiger partial charge in [-0.15, -0.1) is 0 Å². The average molecular weight is 1470 g/mol. The lowest BCUT2D eigenvalue weighted by Gasteiger charge is -2.22. The lowest BCUT2D eigenvalue weighted by atomic mass is 10.0. The van der Waals surface area contributed by atoms with Crippen LogP contribution in [-0.2, 0) is 57.2 Å². The Morgan fingerprint density at radius 1 is 0.222 bits per heavy atom. The Morgan fingerprint density at radius 3 is 0.478 bits per heavy atom. The minimum atomic E-state index is -4.96. The van der Waals surface area contributed by atoms with Gasteiger partial charge in [0.1, 0.15) is 19.6 Å². The predicted molar refractivity (Wildman–Crippen MR) is 383 cm³/mol. The van der Waals surface area contributed by atoms with Gasteiger partial charge in [0.05, 0.1) is 26.4 Å². The smallest absolute Gasteiger partial charge is 0.266 e. The Hall–Kier alpha value is -0.960. The van der Waals surface area contributed by atoms with Crippen LogP contribution in [0.1, 0.15) is 362 Å². The number of hydrogen-bond donors (Lipinski definition) is 0. The summed E-state index contributed by atoms with van der Waals surface area (Å²) in [7, 11) is -19.9. The van der Waals surface area contributed by atoms with E-state index in [9.17, 15) is 33.7 Å². The molecule has 0 amide bonds. The van der Waals surface area contributed by atoms with E-state index in [1.54, 1.807) is 0 Å². The summed E-state index contributed by atoms with van der Waals surface area (Å²) in [5, 5.41) is 0. The third-order valence-electron chi connectivity index (χ3n) is 17.3. The van der Waals surface area contributed by atoms with Crippen molar-refractivity contribution in [2.24, 2.45) is 0 Å². The zero-order valence-corrected chi connectivity index (χ0v) is 63.6. The number of unbranched alkanes of at least 4 members (excludes halogenated alkanes) is 48. The van der Waals surface area contributed by atoms with Gasteiger partial charge in [0.25, 0.3) is 40.5 Å². The van der Waals surface area contributed by atoms with E-state index >= 15 is 0 Å². The number of benzene rings is 2. The molecule has 2 aromatic rings. The van der Waals surface area contributed by atoms with Crippen molar-refractivity contribution in [3.8, 4) is 11.1 Å². The van der Waals surface area contributed by atoms with Gasteiger partial charge in [-0.3, -0.25) is 16.7 Å². The van der Waals surface area contributed by atoms with Crippen molar-refractivity contribution < 1.29 is 50.4 Å². The SMILES string of the molecule is CCCCCCCCCCCCCCCOS(=O)(=O)c1cc(Br)cc(S(=O)(=O)OCCCCCCCCCCCCCCC)c1-c1c(S(=O)(=O)OCCCCCCCCCCCCCCC)cc(Br)cc1S(=O)(=O)OCCCCCCCCCCCCCCC. The number of hydrogen-bond acceptors (Lipinski definition) is 12. The minimum absolute atomic E-state index is 0.000706. The summed E-state index contributed by atoms with van der Waals surface area (Å²) in [6, 6.07) is 4.49. The van der Waals surface area contributed by atoms with Gasteiger partial charge in [-0.05, 0) is 49.9 Å². The van der Waals surface area contributed by atoms with Gasteiger partial charge in [0.15, 0.2) is 0 Å². The largest absolute Gasteiger partial charge is 0.297 e. The average Bonchev–Trinajstić information content (AvgIpc) is 0.732. The molecule has 0 saturated carbocycles. The van der Waals surface area contributed by atoms with E-state index in [0.717, 1.165) is 127 Å². The van der Waals surface area contributed by atoms with Crippen molar-refractivity contribution in [2.45, 2.75) is 381 Å². The zero-order chi connectivity index (χ0) is 65.9. The van der Waals surface area contributed by atoms with Crippen LogP contribution < -0.4 is 0 Å². The highest BCUT2D eigenvalue weighted by molar-refractivity contribution is 9.10. The first-order valence-corrected chi connectivity index (χ1v) is 44.0. The van der Waals surface area contributed by atoms with Crippen LogP contribution in [0.5, 0.6) is 0 Å². The predicted octanol–water partition coefficient (Wildman–Crippen LogP) is 24.1. The number of halogens is 2. The van der Waals surface area contributed by atoms with Gasteiger partial charge < -0.3 is 0 Å². The van der Waals surface area contributed by atoms with Crippen molar-refractivity contribution in [3.05, 3.63) is 33.2 Å². The van der Waals surface area contributed by atoms with Crippen LogP contribution in [0, 0.1) is 0 Å². The van der Waals surface area contributed by atoms with Gasteiger partial charge in [-0.2, -0.15) is 33.7 Å². The first-order valence-electron chi connectivity index (χ1n) is 36.7. The zero-order valence-electron chi connectivity index (χ0n) is 57.2. The molecular weight excluding hydrogens is 1340 g/mol. The molecule has 0 aromatic heterocycles. The fourth-order valence-corrected chi connectivity index (χ4v) is 18.2. The summed E-state index contributed by atoms with van der Waals surface area (Å²) in [4.78, 5) is -3.01. The van der Waals surface area contributed by atoms with E-state index in [2.05, 4.69) is 59.6 Å². The van der Waals surface area contributed by atoms with Crippen molar-refractivity contribution in [2.75, 3.05) is 26.4 Å². The Bertz CT molecular complexity index is 2220. The second-order valence-corrected chi connectivity index (χ2v) is 33.8. The van der Waals surface area contributed by atoms with E-state index in [1.165, 1.54) is 180 Å². The summed E-state index contributed by atoms with van der Waals surface area (Å²) < 4.78 is 142. The molecule has 0 aliphatic rings. The molecule has 0 N–H and O–H groups in total. The fourth-order valence-electron chi connectivity index (χ4n) is 11.8. The molecule has 0 radical (unpaired) electrons. The molecule has 526 valence electrons. The fraction of sp³-hybridized carbons (Fsp3) is 0.833. The van der Waals surface area contributed by atoms with E-state index in [1.807, 2.05) is 0 Å². The standard InChI is InChI=1S/C72H128Br2O12S4/c1-5-9-13-17-21-25-29-33-37-41-45-49-53-57-83-87(75,76)67-61-65(73)62-68(88(77,78)84-58-54-50-46-42-38-34-30-26-22-18-14-10-6-2)71(67)72-69(89(79,80)85-59-55-51-47-43-39-35-31-27-23-19-15-11-7-3)63-66(74)64-70(72)90(81,82)86-60-56-52-48-44-40-36-32-28-24-20-16-12-8-4/h61-64H,5-60H2,1-4H3. The Labute approximate surface area is 570 Å². The molecule has 0 unspecified atom stereocenters. The molecule has 0 aliphatic carbocycles. The van der Waals surface area contributed by atoms with E-state index in [0.29, 0.717) is 51.4 Å². The minimum Gasteiger partial charge on any atom is -0.266 e. The summed E-state index contributed by atoms with van der Waals surface area (Å²) in [6.45, 7) is 7.92. The van der Waals surface area contributed by atoms with Gasteiger partial charge in [-0.1, -0.05) is 368 Å². The molecule has 0 atom stereocenters. The maximum Gasteiger partial charge on any atom is 0.297 e. The first kappa shape index (κ1) is 85.1. The van der Waals surface area contributed by atoms with E-state index in [-0.39, 0.29) is 35.4 Å². The highest BCUT2D eigenvalue weighted by Gasteiger charge is 2.38.